The number of primary amides is 1. The maximum Gasteiger partial charge on any atom is 0.407 e. The highest BCUT2D eigenvalue weighted by atomic mass is 19.2. The predicted octanol–water partition coefficient (Wildman–Crippen LogP) is 4.62. The van der Waals surface area contributed by atoms with E-state index in [1.807, 2.05) is 6.08 Å². The second-order valence-corrected chi connectivity index (χ2v) is 8.72. The summed E-state index contributed by atoms with van der Waals surface area (Å²) >= 11 is 0. The Morgan fingerprint density at radius 2 is 1.90 bits per heavy atom. The standard InChI is InChI=1S/C22H27F2N3O3/c1-10-11(2)26-19-14(10)15(17(23)18(24)16(19)20(25)28)12-7-6-8-13(9-12)27-21(29)30-22(3,4)5/h7,13,26H,6,8-9H2,1-5H3,(H2,25,28)(H,27,29). The first kappa shape index (κ1) is 21.8. The first-order valence-corrected chi connectivity index (χ1v) is 9.89. The number of carbonyl (C=O) groups excluding carboxylic acids is 2. The smallest absolute Gasteiger partial charge is 0.407 e. The Balaban J connectivity index is 2.04. The average Bonchev–Trinajstić information content (AvgIpc) is 2.89. The van der Waals surface area contributed by atoms with Crippen molar-refractivity contribution in [2.75, 3.05) is 0 Å². The molecule has 1 atom stereocenters. The minimum atomic E-state index is -1.27. The van der Waals surface area contributed by atoms with Crippen molar-refractivity contribution < 1.29 is 23.1 Å². The molecule has 1 aliphatic carbocycles. The number of amides is 2. The van der Waals surface area contributed by atoms with Crippen molar-refractivity contribution in [1.82, 2.24) is 10.3 Å². The molecule has 1 aromatic heterocycles. The quantitative estimate of drug-likeness (QED) is 0.677. The summed E-state index contributed by atoms with van der Waals surface area (Å²) in [7, 11) is 0. The lowest BCUT2D eigenvalue weighted by Crippen LogP contribution is -2.40. The van der Waals surface area contributed by atoms with E-state index in [9.17, 15) is 14.0 Å². The van der Waals surface area contributed by atoms with Crippen LogP contribution in [0.15, 0.2) is 6.08 Å². The lowest BCUT2D eigenvalue weighted by molar-refractivity contribution is 0.0502. The maximum absolute atomic E-state index is 15.2. The summed E-state index contributed by atoms with van der Waals surface area (Å²) < 4.78 is 35.3. The molecule has 162 valence electrons. The third-order valence-corrected chi connectivity index (χ3v) is 5.29. The predicted molar refractivity (Wildman–Crippen MR) is 111 cm³/mol. The van der Waals surface area contributed by atoms with Gasteiger partial charge in [0, 0.05) is 22.7 Å². The lowest BCUT2D eigenvalue weighted by atomic mass is 9.86. The van der Waals surface area contributed by atoms with E-state index >= 15 is 4.39 Å². The zero-order valence-electron chi connectivity index (χ0n) is 17.8. The minimum absolute atomic E-state index is 0.102. The normalized spacial score (nSPS) is 17.0. The van der Waals surface area contributed by atoms with Gasteiger partial charge in [-0.25, -0.2) is 13.6 Å². The molecule has 30 heavy (non-hydrogen) atoms. The first-order chi connectivity index (χ1) is 13.9. The van der Waals surface area contributed by atoms with Crippen LogP contribution < -0.4 is 11.1 Å². The van der Waals surface area contributed by atoms with Gasteiger partial charge in [0.1, 0.15) is 11.2 Å². The van der Waals surface area contributed by atoms with E-state index in [0.717, 1.165) is 0 Å². The summed E-state index contributed by atoms with van der Waals surface area (Å²) in [6.45, 7) is 8.85. The molecular formula is C22H27F2N3O3. The van der Waals surface area contributed by atoms with Crippen molar-refractivity contribution in [2.45, 2.75) is 65.5 Å². The molecule has 2 aromatic rings. The van der Waals surface area contributed by atoms with Gasteiger partial charge in [-0.15, -0.1) is 0 Å². The second-order valence-electron chi connectivity index (χ2n) is 8.72. The summed E-state index contributed by atoms with van der Waals surface area (Å²) in [5.74, 6) is -3.41. The van der Waals surface area contributed by atoms with E-state index < -0.39 is 34.8 Å². The molecule has 0 aliphatic heterocycles. The number of nitrogens with two attached hydrogens (primary N) is 1. The number of aromatic amines is 1. The van der Waals surface area contributed by atoms with Crippen LogP contribution in [0.1, 0.15) is 67.2 Å². The van der Waals surface area contributed by atoms with Gasteiger partial charge in [0.2, 0.25) is 0 Å². The van der Waals surface area contributed by atoms with Crippen LogP contribution in [-0.2, 0) is 4.74 Å². The van der Waals surface area contributed by atoms with E-state index in [-0.39, 0.29) is 17.1 Å². The third kappa shape index (κ3) is 4.04. The zero-order chi connectivity index (χ0) is 22.4. The first-order valence-electron chi connectivity index (χ1n) is 9.89. The number of ether oxygens (including phenoxy) is 1. The SMILES string of the molecule is Cc1[nH]c2c(C(N)=O)c(F)c(F)c(C3=CCCC(NC(=O)OC(C)(C)C)C3)c2c1C. The van der Waals surface area contributed by atoms with Gasteiger partial charge in [-0.05, 0) is 65.0 Å². The van der Waals surface area contributed by atoms with E-state index in [4.69, 9.17) is 10.5 Å². The number of benzene rings is 1. The largest absolute Gasteiger partial charge is 0.444 e. The Morgan fingerprint density at radius 3 is 2.50 bits per heavy atom. The molecule has 0 fully saturated rings. The van der Waals surface area contributed by atoms with Crippen LogP contribution in [0.2, 0.25) is 0 Å². The summed E-state index contributed by atoms with van der Waals surface area (Å²) in [5.41, 5.74) is 6.47. The molecule has 1 unspecified atom stereocenters. The Morgan fingerprint density at radius 1 is 1.23 bits per heavy atom. The highest BCUT2D eigenvalue weighted by Crippen LogP contribution is 2.39. The third-order valence-electron chi connectivity index (χ3n) is 5.29. The van der Waals surface area contributed by atoms with E-state index in [0.29, 0.717) is 41.5 Å². The minimum Gasteiger partial charge on any atom is -0.444 e. The van der Waals surface area contributed by atoms with Crippen molar-refractivity contribution >= 4 is 28.5 Å². The molecule has 0 saturated carbocycles. The molecule has 0 saturated heterocycles. The van der Waals surface area contributed by atoms with E-state index in [1.54, 1.807) is 34.6 Å². The van der Waals surface area contributed by atoms with Crippen LogP contribution in [0, 0.1) is 25.5 Å². The fraction of sp³-hybridized carbons (Fsp3) is 0.455. The molecule has 3 rings (SSSR count). The van der Waals surface area contributed by atoms with Gasteiger partial charge in [-0.2, -0.15) is 0 Å². The topological polar surface area (TPSA) is 97.2 Å². The average molecular weight is 419 g/mol. The number of rotatable bonds is 3. The number of hydrogen-bond donors (Lipinski definition) is 3. The van der Waals surface area contributed by atoms with Gasteiger partial charge in [0.05, 0.1) is 5.52 Å². The van der Waals surface area contributed by atoms with Crippen molar-refractivity contribution in [3.05, 3.63) is 40.1 Å². The fourth-order valence-corrected chi connectivity index (χ4v) is 3.90. The molecular weight excluding hydrogens is 392 g/mol. The van der Waals surface area contributed by atoms with Crippen LogP contribution >= 0.6 is 0 Å². The summed E-state index contributed by atoms with van der Waals surface area (Å²) in [6.07, 6.45) is 2.84. The number of aromatic nitrogens is 1. The van der Waals surface area contributed by atoms with Crippen molar-refractivity contribution in [2.24, 2.45) is 5.73 Å². The van der Waals surface area contributed by atoms with Gasteiger partial charge < -0.3 is 20.8 Å². The number of alkyl carbamates (subject to hydrolysis) is 1. The lowest BCUT2D eigenvalue weighted by Gasteiger charge is -2.27. The van der Waals surface area contributed by atoms with Crippen LogP contribution in [0.4, 0.5) is 13.6 Å². The number of halogens is 2. The van der Waals surface area contributed by atoms with E-state index in [2.05, 4.69) is 10.3 Å². The number of hydrogen-bond acceptors (Lipinski definition) is 3. The molecule has 0 radical (unpaired) electrons. The number of nitrogens with one attached hydrogen (secondary N) is 2. The molecule has 6 nitrogen and oxygen atoms in total. The number of carbonyl (C=O) groups is 2. The Labute approximate surface area is 173 Å². The summed E-state index contributed by atoms with van der Waals surface area (Å²) in [4.78, 5) is 26.9. The second kappa shape index (κ2) is 7.74. The summed E-state index contributed by atoms with van der Waals surface area (Å²) in [6, 6.07) is -0.284. The van der Waals surface area contributed by atoms with Crippen LogP contribution in [-0.4, -0.2) is 28.6 Å². The van der Waals surface area contributed by atoms with Crippen LogP contribution in [0.25, 0.3) is 16.5 Å². The van der Waals surface area contributed by atoms with Crippen LogP contribution in [0.3, 0.4) is 0 Å². The van der Waals surface area contributed by atoms with Gasteiger partial charge in [0.15, 0.2) is 11.6 Å². The van der Waals surface area contributed by atoms with E-state index in [1.165, 1.54) is 0 Å². The molecule has 1 aromatic carbocycles. The number of fused-ring (bicyclic) bond motifs is 1. The highest BCUT2D eigenvalue weighted by Gasteiger charge is 2.30. The highest BCUT2D eigenvalue weighted by molar-refractivity contribution is 6.09. The molecule has 2 amide bonds. The Hall–Kier alpha value is -2.90. The number of aryl methyl sites for hydroxylation is 2. The van der Waals surface area contributed by atoms with Crippen molar-refractivity contribution in [1.29, 1.82) is 0 Å². The van der Waals surface area contributed by atoms with Gasteiger partial charge in [-0.3, -0.25) is 4.79 Å². The maximum atomic E-state index is 15.2. The molecule has 0 bridgehead atoms. The van der Waals surface area contributed by atoms with Crippen molar-refractivity contribution in [3.63, 3.8) is 0 Å². The molecule has 4 N–H and O–H groups in total. The molecule has 8 heteroatoms. The Kier molecular flexibility index (Phi) is 5.62. The van der Waals surface area contributed by atoms with Gasteiger partial charge in [-0.1, -0.05) is 6.08 Å². The Bertz CT molecular complexity index is 1060. The summed E-state index contributed by atoms with van der Waals surface area (Å²) in [5, 5.41) is 3.24. The van der Waals surface area contributed by atoms with Crippen molar-refractivity contribution in [3.8, 4) is 0 Å². The number of allylic oxidation sites excluding steroid dienone is 1. The van der Waals surface area contributed by atoms with Gasteiger partial charge >= 0.3 is 6.09 Å². The molecule has 0 spiro atoms. The van der Waals surface area contributed by atoms with Gasteiger partial charge in [0.25, 0.3) is 5.91 Å². The fourth-order valence-electron chi connectivity index (χ4n) is 3.90. The monoisotopic (exact) mass is 419 g/mol. The van der Waals surface area contributed by atoms with Crippen LogP contribution in [0.5, 0.6) is 0 Å². The zero-order valence-corrected chi connectivity index (χ0v) is 17.8. The molecule has 1 aliphatic rings. The number of H-pyrrole nitrogens is 1. The molecule has 1 heterocycles.